The van der Waals surface area contributed by atoms with Crippen LogP contribution in [0.15, 0.2) is 79.0 Å². The second-order valence-corrected chi connectivity index (χ2v) is 17.9. The summed E-state index contributed by atoms with van der Waals surface area (Å²) in [5.74, 6) is -1.69. The number of rotatable bonds is 11. The average molecular weight is 937 g/mol. The molecule has 356 valence electrons. The van der Waals surface area contributed by atoms with E-state index in [-0.39, 0.29) is 24.3 Å². The Hall–Kier alpha value is -7.15. The molecule has 3 aliphatic heterocycles. The summed E-state index contributed by atoms with van der Waals surface area (Å²) in [5, 5.41) is 6.96. The number of alkyl carbamates (subject to hydrolysis) is 2. The first kappa shape index (κ1) is 46.0. The van der Waals surface area contributed by atoms with Crippen molar-refractivity contribution in [2.24, 2.45) is 17.8 Å². The highest BCUT2D eigenvalue weighted by Crippen LogP contribution is 2.46. The van der Waals surface area contributed by atoms with Gasteiger partial charge in [0.15, 0.2) is 0 Å². The number of methoxy groups -OCH3 is 3. The number of amides is 4. The van der Waals surface area contributed by atoms with Gasteiger partial charge in [0.2, 0.25) is 5.91 Å². The van der Waals surface area contributed by atoms with E-state index in [4.69, 9.17) is 19.2 Å². The second kappa shape index (κ2) is 18.5. The third-order valence-corrected chi connectivity index (χ3v) is 13.2. The maximum atomic E-state index is 14.4. The van der Waals surface area contributed by atoms with Crippen LogP contribution in [-0.2, 0) is 30.4 Å². The lowest BCUT2D eigenvalue weighted by Crippen LogP contribution is -2.51. The fourth-order valence-electron chi connectivity index (χ4n) is 9.80. The van der Waals surface area contributed by atoms with Crippen molar-refractivity contribution in [2.45, 2.75) is 63.6 Å². The summed E-state index contributed by atoms with van der Waals surface area (Å²) in [4.78, 5) is 72.0. The van der Waals surface area contributed by atoms with E-state index in [1.807, 2.05) is 42.5 Å². The maximum absolute atomic E-state index is 14.4. The number of imidazole rings is 2. The Morgan fingerprint density at radius 2 is 1.57 bits per heavy atom. The van der Waals surface area contributed by atoms with Crippen molar-refractivity contribution in [3.05, 3.63) is 102 Å². The van der Waals surface area contributed by atoms with Crippen LogP contribution in [0, 0.1) is 17.8 Å². The third-order valence-electron chi connectivity index (χ3n) is 13.2. The average Bonchev–Trinajstić information content (AvgIpc) is 4.17. The Balaban J connectivity index is 0.989. The molecule has 5 heterocycles. The lowest BCUT2D eigenvalue weighted by Gasteiger charge is -2.30. The highest BCUT2D eigenvalue weighted by molar-refractivity contribution is 6.07. The minimum absolute atomic E-state index is 0.0185. The highest BCUT2D eigenvalue weighted by Gasteiger charge is 2.51. The van der Waals surface area contributed by atoms with Crippen LogP contribution in [0.5, 0.6) is 5.75 Å². The molecule has 0 spiro atoms. The molecule has 16 nitrogen and oxygen atoms in total. The van der Waals surface area contributed by atoms with Crippen LogP contribution in [0.4, 0.5) is 22.8 Å². The van der Waals surface area contributed by atoms with Gasteiger partial charge in [0.25, 0.3) is 5.91 Å². The van der Waals surface area contributed by atoms with E-state index in [0.717, 1.165) is 50.6 Å². The molecule has 2 fully saturated rings. The molecule has 6 aromatic rings. The number of carbonyl (C=O) groups is 4. The quantitative estimate of drug-likeness (QED) is 0.0986. The zero-order valence-corrected chi connectivity index (χ0v) is 38.0. The number of H-pyrrole nitrogens is 2. The number of benzene rings is 4. The Bertz CT molecular complexity index is 2890. The summed E-state index contributed by atoms with van der Waals surface area (Å²) in [7, 11) is 4.03. The predicted molar refractivity (Wildman–Crippen MR) is 243 cm³/mol. The molecule has 19 heteroatoms. The number of likely N-dealkylation sites (tertiary alicyclic amines) is 2. The number of aromatic amines is 2. The molecule has 9 rings (SSSR count). The van der Waals surface area contributed by atoms with Gasteiger partial charge < -0.3 is 49.3 Å². The topological polar surface area (TPSA) is 193 Å². The lowest BCUT2D eigenvalue weighted by atomic mass is 9.92. The molecular formula is C49H51F3N8O8. The maximum Gasteiger partial charge on any atom is 0.407 e. The van der Waals surface area contributed by atoms with Crippen molar-refractivity contribution in [1.29, 1.82) is 0 Å². The van der Waals surface area contributed by atoms with Gasteiger partial charge in [-0.25, -0.2) is 19.6 Å². The number of nitrogens with zero attached hydrogens (tertiary/aromatic N) is 4. The van der Waals surface area contributed by atoms with E-state index in [1.54, 1.807) is 56.3 Å². The number of nitrogens with one attached hydrogen (secondary N) is 4. The van der Waals surface area contributed by atoms with Crippen molar-refractivity contribution in [1.82, 2.24) is 40.4 Å². The van der Waals surface area contributed by atoms with Gasteiger partial charge in [-0.15, -0.1) is 0 Å². The SMILES string of the molecule is COC[C@H]1C[C@@H](c2nc3c(ccc4cc5c(cc43)OCc3cc(-c4cnc([C@@H]6CC(C(F)(F)F)CN6C(=O)[C@@H](NC(=O)OC)C(C)C)[nH]4)ccc3-5)[nH]2)N(C(=O)C(NC(=O)OC)c2ccccc2)C1. The van der Waals surface area contributed by atoms with E-state index in [9.17, 15) is 32.3 Å². The summed E-state index contributed by atoms with van der Waals surface area (Å²) < 4.78 is 63.9. The normalized spacial score (nSPS) is 19.9. The van der Waals surface area contributed by atoms with Gasteiger partial charge in [-0.2, -0.15) is 13.2 Å². The van der Waals surface area contributed by atoms with Crippen LogP contribution in [0.2, 0.25) is 0 Å². The monoisotopic (exact) mass is 936 g/mol. The molecule has 2 aromatic heterocycles. The first-order valence-electron chi connectivity index (χ1n) is 22.3. The molecule has 2 saturated heterocycles. The molecule has 68 heavy (non-hydrogen) atoms. The second-order valence-electron chi connectivity index (χ2n) is 17.9. The van der Waals surface area contributed by atoms with Crippen molar-refractivity contribution in [3.63, 3.8) is 0 Å². The molecule has 4 aromatic carbocycles. The predicted octanol–water partition coefficient (Wildman–Crippen LogP) is 8.13. The number of halogens is 3. The van der Waals surface area contributed by atoms with Gasteiger partial charge in [0.05, 0.1) is 61.8 Å². The van der Waals surface area contributed by atoms with Gasteiger partial charge in [0, 0.05) is 37.1 Å². The molecule has 6 atom stereocenters. The van der Waals surface area contributed by atoms with E-state index in [1.165, 1.54) is 7.11 Å². The molecule has 0 aliphatic carbocycles. The number of hydrogen-bond donors (Lipinski definition) is 4. The Kier molecular flexibility index (Phi) is 12.5. The first-order valence-corrected chi connectivity index (χ1v) is 22.3. The highest BCUT2D eigenvalue weighted by atomic mass is 19.4. The fourth-order valence-corrected chi connectivity index (χ4v) is 9.80. The number of ether oxygens (including phenoxy) is 4. The molecule has 4 N–H and O–H groups in total. The summed E-state index contributed by atoms with van der Waals surface area (Å²) in [6, 6.07) is 19.3. The van der Waals surface area contributed by atoms with Crippen molar-refractivity contribution >= 4 is 45.8 Å². The molecule has 0 radical (unpaired) electrons. The van der Waals surface area contributed by atoms with Gasteiger partial charge in [-0.05, 0) is 70.7 Å². The Morgan fingerprint density at radius 3 is 2.29 bits per heavy atom. The van der Waals surface area contributed by atoms with Crippen LogP contribution >= 0.6 is 0 Å². The van der Waals surface area contributed by atoms with E-state index >= 15 is 0 Å². The van der Waals surface area contributed by atoms with Crippen LogP contribution in [0.3, 0.4) is 0 Å². The van der Waals surface area contributed by atoms with E-state index in [2.05, 4.69) is 36.4 Å². The van der Waals surface area contributed by atoms with Gasteiger partial charge in [-0.3, -0.25) is 9.59 Å². The zero-order valence-electron chi connectivity index (χ0n) is 38.0. The Morgan fingerprint density at radius 1 is 0.838 bits per heavy atom. The molecule has 0 saturated carbocycles. The summed E-state index contributed by atoms with van der Waals surface area (Å²) in [6.07, 6.45) is -4.40. The van der Waals surface area contributed by atoms with Gasteiger partial charge in [-0.1, -0.05) is 62.4 Å². The number of carbonyl (C=O) groups excluding carboxylic acids is 4. The number of alkyl halides is 3. The fraction of sp³-hybridized carbons (Fsp3) is 0.388. The first-order chi connectivity index (χ1) is 32.6. The third kappa shape index (κ3) is 8.77. The number of aromatic nitrogens is 4. The summed E-state index contributed by atoms with van der Waals surface area (Å²) in [6.45, 7) is 3.87. The molecule has 2 unspecified atom stereocenters. The van der Waals surface area contributed by atoms with E-state index in [0.29, 0.717) is 47.9 Å². The van der Waals surface area contributed by atoms with Gasteiger partial charge >= 0.3 is 18.4 Å². The molecule has 0 bridgehead atoms. The largest absolute Gasteiger partial charge is 0.488 e. The van der Waals surface area contributed by atoms with Crippen LogP contribution in [0.25, 0.3) is 44.2 Å². The molecule has 4 amide bonds. The lowest BCUT2D eigenvalue weighted by molar-refractivity contribution is -0.171. The Labute approximate surface area is 388 Å². The van der Waals surface area contributed by atoms with Gasteiger partial charge in [0.1, 0.15) is 36.1 Å². The number of hydrogen-bond acceptors (Lipinski definition) is 10. The summed E-state index contributed by atoms with van der Waals surface area (Å²) in [5.41, 5.74) is 6.05. The minimum atomic E-state index is -4.55. The van der Waals surface area contributed by atoms with Crippen molar-refractivity contribution < 1.29 is 51.3 Å². The van der Waals surface area contributed by atoms with Crippen LogP contribution in [0.1, 0.15) is 67.6 Å². The summed E-state index contributed by atoms with van der Waals surface area (Å²) >= 11 is 0. The van der Waals surface area contributed by atoms with Crippen molar-refractivity contribution in [3.8, 4) is 28.1 Å². The van der Waals surface area contributed by atoms with Crippen LogP contribution in [-0.4, -0.2) is 107 Å². The molecular weight excluding hydrogens is 886 g/mol. The standard InChI is InChI=1S/C49H51F3N8O8/c1-25(2)40(57-47(63)66-4)45(61)60-22-31(49(50,51)52)18-38(60)43-53-20-36(55-43)29-11-13-32-30(16-29)24-68-39-19-33-28(17-34(32)39)12-14-35-42(33)56-44(54-35)37-15-26(23-65-3)21-59(37)46(62)41(58-48(64)67-5)27-9-7-6-8-10-27/h6-14,16-17,19-20,25-26,31,37-38,40-41H,15,18,21-24H2,1-5H3,(H,53,55)(H,54,56)(H,57,63)(H,58,64)/t26-,31?,37-,38-,40-,41?/m0/s1. The molecule has 3 aliphatic rings. The van der Waals surface area contributed by atoms with E-state index < -0.39 is 73.2 Å². The van der Waals surface area contributed by atoms with Crippen LogP contribution < -0.4 is 15.4 Å². The number of fused-ring (bicyclic) bond motifs is 6. The smallest absolute Gasteiger partial charge is 0.407 e. The zero-order chi connectivity index (χ0) is 48.0. The van der Waals surface area contributed by atoms with Crippen molar-refractivity contribution in [2.75, 3.05) is 41.0 Å². The minimum Gasteiger partial charge on any atom is -0.488 e.